The molecule has 0 aromatic carbocycles. The Hall–Kier alpha value is -2.63. The van der Waals surface area contributed by atoms with E-state index in [1.165, 1.54) is 0 Å². The molecule has 0 saturated heterocycles. The first-order valence-electron chi connectivity index (χ1n) is 8.84. The lowest BCUT2D eigenvalue weighted by Gasteiger charge is -2.19. The molecule has 0 atom stereocenters. The molecule has 26 heavy (non-hydrogen) atoms. The predicted octanol–water partition coefficient (Wildman–Crippen LogP) is 3.13. The maximum absolute atomic E-state index is 13.0. The van der Waals surface area contributed by atoms with Gasteiger partial charge in [0.15, 0.2) is 5.78 Å². The summed E-state index contributed by atoms with van der Waals surface area (Å²) in [6.45, 7) is 6.11. The van der Waals surface area contributed by atoms with E-state index in [0.717, 1.165) is 46.7 Å². The highest BCUT2D eigenvalue weighted by Gasteiger charge is 2.28. The fraction of sp³-hybridized carbons (Fsp3) is 0.450. The number of hydrogen-bond acceptors (Lipinski definition) is 4. The predicted molar refractivity (Wildman–Crippen MR) is 98.9 cm³/mol. The lowest BCUT2D eigenvalue weighted by atomic mass is 9.94. The number of nitrogens with one attached hydrogen (secondary N) is 1. The van der Waals surface area contributed by atoms with Crippen LogP contribution >= 0.6 is 0 Å². The number of ketones is 1. The highest BCUT2D eigenvalue weighted by molar-refractivity contribution is 6.04. The second-order valence-electron chi connectivity index (χ2n) is 6.96. The molecule has 1 aliphatic rings. The molecule has 0 unspecified atom stereocenters. The van der Waals surface area contributed by atoms with Crippen molar-refractivity contribution in [2.75, 3.05) is 14.2 Å². The van der Waals surface area contributed by atoms with Crippen LogP contribution in [0.2, 0.25) is 0 Å². The van der Waals surface area contributed by atoms with E-state index in [1.807, 2.05) is 20.8 Å². The van der Waals surface area contributed by atoms with Crippen molar-refractivity contribution in [2.24, 2.45) is 0 Å². The van der Waals surface area contributed by atoms with Crippen molar-refractivity contribution in [1.29, 1.82) is 0 Å². The number of methoxy groups -OCH3 is 1. The minimum atomic E-state index is -0.134. The molecule has 0 aliphatic heterocycles. The molecule has 6 heteroatoms. The third kappa shape index (κ3) is 3.00. The fourth-order valence-electron chi connectivity index (χ4n) is 3.71. The zero-order valence-electron chi connectivity index (χ0n) is 16.0. The van der Waals surface area contributed by atoms with Gasteiger partial charge in [-0.1, -0.05) is 0 Å². The summed E-state index contributed by atoms with van der Waals surface area (Å²) in [5, 5.41) is 0. The number of Topliss-reactive ketones (excluding diaryl/α,β-unsaturated/α-hetero) is 1. The number of aromatic nitrogens is 2. The maximum atomic E-state index is 13.0. The Morgan fingerprint density at radius 2 is 2.00 bits per heavy atom. The quantitative estimate of drug-likeness (QED) is 0.914. The van der Waals surface area contributed by atoms with Crippen LogP contribution in [0.25, 0.3) is 0 Å². The zero-order valence-corrected chi connectivity index (χ0v) is 16.0. The second-order valence-corrected chi connectivity index (χ2v) is 6.96. The summed E-state index contributed by atoms with van der Waals surface area (Å²) >= 11 is 0. The third-order valence-electron chi connectivity index (χ3n) is 5.13. The van der Waals surface area contributed by atoms with Crippen LogP contribution in [0.15, 0.2) is 6.20 Å². The normalized spacial score (nSPS) is 13.5. The van der Waals surface area contributed by atoms with Crippen LogP contribution in [0.4, 0.5) is 0 Å². The molecule has 138 valence electrons. The number of ether oxygens (including phenoxy) is 1. The largest absolute Gasteiger partial charge is 0.496 e. The average molecular weight is 355 g/mol. The van der Waals surface area contributed by atoms with E-state index in [-0.39, 0.29) is 11.7 Å². The Kier molecular flexibility index (Phi) is 4.85. The highest BCUT2D eigenvalue weighted by atomic mass is 16.5. The van der Waals surface area contributed by atoms with E-state index in [9.17, 15) is 9.59 Å². The molecule has 2 aromatic heterocycles. The van der Waals surface area contributed by atoms with Gasteiger partial charge in [-0.15, -0.1) is 0 Å². The highest BCUT2D eigenvalue weighted by Crippen LogP contribution is 2.28. The number of pyridine rings is 1. The number of aromatic amines is 1. The molecule has 1 amide bonds. The van der Waals surface area contributed by atoms with Gasteiger partial charge >= 0.3 is 0 Å². The smallest absolute Gasteiger partial charge is 0.270 e. The third-order valence-corrected chi connectivity index (χ3v) is 5.13. The van der Waals surface area contributed by atoms with Crippen molar-refractivity contribution in [3.8, 4) is 5.75 Å². The van der Waals surface area contributed by atoms with E-state index in [4.69, 9.17) is 4.74 Å². The van der Waals surface area contributed by atoms with Crippen LogP contribution in [0.3, 0.4) is 0 Å². The molecule has 0 spiro atoms. The van der Waals surface area contributed by atoms with Crippen molar-refractivity contribution < 1.29 is 14.3 Å². The molecular weight excluding hydrogens is 330 g/mol. The molecule has 0 bridgehead atoms. The number of carbonyl (C=O) groups is 2. The summed E-state index contributed by atoms with van der Waals surface area (Å²) in [4.78, 5) is 34.4. The van der Waals surface area contributed by atoms with Gasteiger partial charge < -0.3 is 14.6 Å². The average Bonchev–Trinajstić information content (AvgIpc) is 2.95. The molecule has 3 rings (SSSR count). The van der Waals surface area contributed by atoms with Gasteiger partial charge in [-0.25, -0.2) is 0 Å². The maximum Gasteiger partial charge on any atom is 0.270 e. The van der Waals surface area contributed by atoms with Crippen LogP contribution < -0.4 is 4.74 Å². The molecule has 0 saturated carbocycles. The topological polar surface area (TPSA) is 75.3 Å². The van der Waals surface area contributed by atoms with Gasteiger partial charge in [0.05, 0.1) is 19.3 Å². The van der Waals surface area contributed by atoms with Gasteiger partial charge in [0.2, 0.25) is 0 Å². The van der Waals surface area contributed by atoms with Crippen molar-refractivity contribution in [1.82, 2.24) is 14.9 Å². The van der Waals surface area contributed by atoms with Gasteiger partial charge in [-0.2, -0.15) is 0 Å². The van der Waals surface area contributed by atoms with Gasteiger partial charge in [-0.3, -0.25) is 14.6 Å². The van der Waals surface area contributed by atoms with E-state index < -0.39 is 0 Å². The molecule has 0 fully saturated rings. The summed E-state index contributed by atoms with van der Waals surface area (Å²) in [6, 6.07) is 0. The minimum Gasteiger partial charge on any atom is -0.496 e. The summed E-state index contributed by atoms with van der Waals surface area (Å²) in [5.74, 6) is 0.792. The molecule has 2 aromatic rings. The van der Waals surface area contributed by atoms with E-state index in [1.54, 1.807) is 25.3 Å². The summed E-state index contributed by atoms with van der Waals surface area (Å²) in [5.41, 5.74) is 5.56. The zero-order chi connectivity index (χ0) is 19.0. The Labute approximate surface area is 153 Å². The Morgan fingerprint density at radius 3 is 2.65 bits per heavy atom. The molecule has 0 radical (unpaired) electrons. The summed E-state index contributed by atoms with van der Waals surface area (Å²) in [6.07, 6.45) is 3.97. The van der Waals surface area contributed by atoms with Crippen molar-refractivity contribution in [3.63, 3.8) is 0 Å². The summed E-state index contributed by atoms with van der Waals surface area (Å²) in [7, 11) is 3.38. The van der Waals surface area contributed by atoms with Crippen LogP contribution in [-0.4, -0.2) is 40.7 Å². The molecule has 6 nitrogen and oxygen atoms in total. The SMILES string of the molecule is COc1c(C)cnc(CN(C)C(=O)c2[nH]c3c(c2C)C(=O)CCC3)c1C. The Morgan fingerprint density at radius 1 is 1.27 bits per heavy atom. The van der Waals surface area contributed by atoms with Crippen molar-refractivity contribution >= 4 is 11.7 Å². The summed E-state index contributed by atoms with van der Waals surface area (Å²) < 4.78 is 5.44. The molecule has 1 N–H and O–H groups in total. The number of hydrogen-bond donors (Lipinski definition) is 1. The standard InChI is InChI=1S/C20H25N3O3/c1-11-9-21-15(12(2)19(11)26-5)10-23(4)20(25)18-13(3)17-14(22-18)7-6-8-16(17)24/h9,22H,6-8,10H2,1-5H3. The van der Waals surface area contributed by atoms with Crippen molar-refractivity contribution in [2.45, 2.75) is 46.6 Å². The number of nitrogens with zero attached hydrogens (tertiary/aromatic N) is 2. The second kappa shape index (κ2) is 6.94. The monoisotopic (exact) mass is 355 g/mol. The number of aryl methyl sites for hydroxylation is 2. The first kappa shape index (κ1) is 18.2. The lowest BCUT2D eigenvalue weighted by Crippen LogP contribution is -2.28. The number of fused-ring (bicyclic) bond motifs is 1. The lowest BCUT2D eigenvalue weighted by molar-refractivity contribution is 0.0777. The van der Waals surface area contributed by atoms with E-state index in [2.05, 4.69) is 9.97 Å². The Balaban J connectivity index is 1.87. The number of amides is 1. The molecule has 2 heterocycles. The first-order valence-corrected chi connectivity index (χ1v) is 8.84. The van der Waals surface area contributed by atoms with Crippen LogP contribution in [0.1, 0.15) is 61.8 Å². The van der Waals surface area contributed by atoms with Gasteiger partial charge in [0.25, 0.3) is 5.91 Å². The van der Waals surface area contributed by atoms with Gasteiger partial charge in [0, 0.05) is 42.0 Å². The molecular formula is C20H25N3O3. The van der Waals surface area contributed by atoms with Crippen molar-refractivity contribution in [3.05, 3.63) is 45.5 Å². The van der Waals surface area contributed by atoms with Crippen LogP contribution in [0.5, 0.6) is 5.75 Å². The van der Waals surface area contributed by atoms with E-state index in [0.29, 0.717) is 24.2 Å². The van der Waals surface area contributed by atoms with Crippen LogP contribution in [-0.2, 0) is 13.0 Å². The Bertz CT molecular complexity index is 883. The number of carbonyl (C=O) groups excluding carboxylic acids is 2. The number of H-pyrrole nitrogens is 1. The van der Waals surface area contributed by atoms with E-state index >= 15 is 0 Å². The fourth-order valence-corrected chi connectivity index (χ4v) is 3.71. The molecule has 1 aliphatic carbocycles. The van der Waals surface area contributed by atoms with Gasteiger partial charge in [-0.05, 0) is 39.2 Å². The first-order chi connectivity index (χ1) is 12.3. The number of rotatable bonds is 4. The van der Waals surface area contributed by atoms with Gasteiger partial charge in [0.1, 0.15) is 11.4 Å². The minimum absolute atomic E-state index is 0.127. The van der Waals surface area contributed by atoms with Crippen LogP contribution in [0, 0.1) is 20.8 Å².